The molecule has 7 heteroatoms. The van der Waals surface area contributed by atoms with E-state index >= 15 is 0 Å². The molecule has 6 nitrogen and oxygen atoms in total. The highest BCUT2D eigenvalue weighted by atomic mass is 32.1. The van der Waals surface area contributed by atoms with Gasteiger partial charge < -0.3 is 10.7 Å². The summed E-state index contributed by atoms with van der Waals surface area (Å²) >= 11 is 1.22. The van der Waals surface area contributed by atoms with E-state index in [-0.39, 0.29) is 11.7 Å². The molecule has 0 radical (unpaired) electrons. The molecule has 0 atom stereocenters. The number of nitrogens with zero attached hydrogens (tertiary/aromatic N) is 1. The third kappa shape index (κ3) is 2.50. The average Bonchev–Trinajstić information content (AvgIpc) is 3.04. The highest BCUT2D eigenvalue weighted by Gasteiger charge is 2.14. The van der Waals surface area contributed by atoms with Crippen LogP contribution in [0.5, 0.6) is 0 Å². The van der Waals surface area contributed by atoms with Gasteiger partial charge in [0.2, 0.25) is 0 Å². The van der Waals surface area contributed by atoms with Gasteiger partial charge in [-0.2, -0.15) is 0 Å². The molecule has 0 aliphatic heterocycles. The Balaban J connectivity index is 1.88. The fourth-order valence-electron chi connectivity index (χ4n) is 1.99. The van der Waals surface area contributed by atoms with Gasteiger partial charge in [-0.05, 0) is 18.2 Å². The first-order chi connectivity index (χ1) is 10.0. The summed E-state index contributed by atoms with van der Waals surface area (Å²) in [6, 6.07) is 5.30. The van der Waals surface area contributed by atoms with Crippen LogP contribution < -0.4 is 11.1 Å². The van der Waals surface area contributed by atoms with E-state index in [0.29, 0.717) is 22.1 Å². The van der Waals surface area contributed by atoms with Gasteiger partial charge in [0.1, 0.15) is 5.69 Å². The van der Waals surface area contributed by atoms with Crippen LogP contribution in [0.4, 0.5) is 10.8 Å². The second-order valence-electron chi connectivity index (χ2n) is 4.56. The number of carbonyl (C=O) groups excluding carboxylic acids is 2. The van der Waals surface area contributed by atoms with Crippen molar-refractivity contribution in [3.63, 3.8) is 0 Å². The lowest BCUT2D eigenvalue weighted by molar-refractivity contribution is 0.100. The Hall–Kier alpha value is -2.67. The smallest absolute Gasteiger partial charge is 0.259 e. The van der Waals surface area contributed by atoms with Gasteiger partial charge in [-0.1, -0.05) is 0 Å². The summed E-state index contributed by atoms with van der Waals surface area (Å²) in [4.78, 5) is 30.5. The van der Waals surface area contributed by atoms with Gasteiger partial charge in [0.25, 0.3) is 5.91 Å². The van der Waals surface area contributed by atoms with Crippen molar-refractivity contribution in [1.29, 1.82) is 0 Å². The van der Waals surface area contributed by atoms with Crippen LogP contribution in [0.15, 0.2) is 29.8 Å². The number of thiazole rings is 1. The Morgan fingerprint density at radius 1 is 1.38 bits per heavy atom. The standard InChI is InChI=1S/C14H12N4O2S/c1-7(19)12-6-21-14(17-12)18-13(20)10-5-16-11-4-8(15)2-3-9(10)11/h2-6,16H,15H2,1H3,(H,17,18,20). The van der Waals surface area contributed by atoms with Crippen LogP contribution in [0.1, 0.15) is 27.8 Å². The molecule has 0 saturated carbocycles. The van der Waals surface area contributed by atoms with Gasteiger partial charge in [-0.3, -0.25) is 14.9 Å². The zero-order valence-electron chi connectivity index (χ0n) is 11.1. The second kappa shape index (κ2) is 5.02. The van der Waals surface area contributed by atoms with Gasteiger partial charge >= 0.3 is 0 Å². The van der Waals surface area contributed by atoms with Crippen LogP contribution in [0, 0.1) is 0 Å². The predicted molar refractivity (Wildman–Crippen MR) is 82.8 cm³/mol. The quantitative estimate of drug-likeness (QED) is 0.511. The van der Waals surface area contributed by atoms with Crippen molar-refractivity contribution in [1.82, 2.24) is 9.97 Å². The van der Waals surface area contributed by atoms with Gasteiger partial charge in [0.05, 0.1) is 5.56 Å². The predicted octanol–water partition coefficient (Wildman–Crippen LogP) is 2.66. The van der Waals surface area contributed by atoms with Crippen molar-refractivity contribution >= 4 is 44.7 Å². The maximum Gasteiger partial charge on any atom is 0.259 e. The molecule has 0 bridgehead atoms. The van der Waals surface area contributed by atoms with E-state index in [0.717, 1.165) is 10.9 Å². The highest BCUT2D eigenvalue weighted by Crippen LogP contribution is 2.23. The summed E-state index contributed by atoms with van der Waals surface area (Å²) in [5.74, 6) is -0.412. The minimum Gasteiger partial charge on any atom is -0.399 e. The normalized spacial score (nSPS) is 10.7. The van der Waals surface area contributed by atoms with E-state index in [9.17, 15) is 9.59 Å². The average molecular weight is 300 g/mol. The van der Waals surface area contributed by atoms with E-state index in [4.69, 9.17) is 5.73 Å². The van der Waals surface area contributed by atoms with Crippen LogP contribution in [-0.2, 0) is 0 Å². The SMILES string of the molecule is CC(=O)c1csc(NC(=O)c2c[nH]c3cc(N)ccc23)n1. The number of Topliss-reactive ketones (excluding diaryl/α,β-unsaturated/α-hetero) is 1. The number of aromatic amines is 1. The molecule has 4 N–H and O–H groups in total. The largest absolute Gasteiger partial charge is 0.399 e. The number of fused-ring (bicyclic) bond motifs is 1. The van der Waals surface area contributed by atoms with Crippen molar-refractivity contribution in [2.24, 2.45) is 0 Å². The Morgan fingerprint density at radius 3 is 2.90 bits per heavy atom. The minimum absolute atomic E-state index is 0.130. The van der Waals surface area contributed by atoms with Crippen LogP contribution in [0.2, 0.25) is 0 Å². The third-order valence-electron chi connectivity index (χ3n) is 3.04. The molecule has 106 valence electrons. The molecular formula is C14H12N4O2S. The number of carbonyl (C=O) groups is 2. The molecule has 0 fully saturated rings. The van der Waals surface area contributed by atoms with Crippen molar-refractivity contribution in [2.45, 2.75) is 6.92 Å². The number of hydrogen-bond acceptors (Lipinski definition) is 5. The number of amides is 1. The van der Waals surface area contributed by atoms with Crippen LogP contribution in [0.25, 0.3) is 10.9 Å². The summed E-state index contributed by atoms with van der Waals surface area (Å²) in [7, 11) is 0. The van der Waals surface area contributed by atoms with E-state index in [1.807, 2.05) is 0 Å². The third-order valence-corrected chi connectivity index (χ3v) is 3.79. The summed E-state index contributed by atoms with van der Waals surface area (Å²) in [6.07, 6.45) is 1.62. The maximum atomic E-state index is 12.3. The first-order valence-corrected chi connectivity index (χ1v) is 7.07. The number of nitrogen functional groups attached to an aromatic ring is 1. The lowest BCUT2D eigenvalue weighted by Crippen LogP contribution is -2.11. The van der Waals surface area contributed by atoms with Gasteiger partial charge in [0, 0.05) is 35.1 Å². The number of anilines is 2. The minimum atomic E-state index is -0.282. The fraction of sp³-hybridized carbons (Fsp3) is 0.0714. The molecule has 21 heavy (non-hydrogen) atoms. The Kier molecular flexibility index (Phi) is 3.19. The van der Waals surface area contributed by atoms with Crippen molar-refractivity contribution in [2.75, 3.05) is 11.1 Å². The van der Waals surface area contributed by atoms with Gasteiger partial charge in [-0.15, -0.1) is 11.3 Å². The monoisotopic (exact) mass is 300 g/mol. The zero-order valence-corrected chi connectivity index (χ0v) is 12.0. The molecule has 0 saturated heterocycles. The lowest BCUT2D eigenvalue weighted by Gasteiger charge is -2.00. The van der Waals surface area contributed by atoms with E-state index in [1.54, 1.807) is 29.8 Å². The molecule has 0 spiro atoms. The number of benzene rings is 1. The van der Waals surface area contributed by atoms with Crippen molar-refractivity contribution in [3.8, 4) is 0 Å². The van der Waals surface area contributed by atoms with Crippen molar-refractivity contribution < 1.29 is 9.59 Å². The summed E-state index contributed by atoms with van der Waals surface area (Å²) in [6.45, 7) is 1.44. The van der Waals surface area contributed by atoms with Gasteiger partial charge in [0.15, 0.2) is 10.9 Å². The maximum absolute atomic E-state index is 12.3. The van der Waals surface area contributed by atoms with E-state index in [2.05, 4.69) is 15.3 Å². The number of nitrogens with two attached hydrogens (primary N) is 1. The number of hydrogen-bond donors (Lipinski definition) is 3. The fourth-order valence-corrected chi connectivity index (χ4v) is 2.73. The molecule has 0 aliphatic carbocycles. The molecule has 3 aromatic rings. The Bertz CT molecular complexity index is 850. The van der Waals surface area contributed by atoms with Crippen LogP contribution in [-0.4, -0.2) is 21.7 Å². The Morgan fingerprint density at radius 2 is 2.19 bits per heavy atom. The number of H-pyrrole nitrogens is 1. The molecule has 2 aromatic heterocycles. The number of ketones is 1. The number of rotatable bonds is 3. The highest BCUT2D eigenvalue weighted by molar-refractivity contribution is 7.14. The molecular weight excluding hydrogens is 288 g/mol. The molecule has 1 amide bonds. The molecule has 0 aliphatic rings. The molecule has 2 heterocycles. The van der Waals surface area contributed by atoms with E-state index in [1.165, 1.54) is 18.3 Å². The molecule has 0 unspecified atom stereocenters. The summed E-state index contributed by atoms with van der Waals surface area (Å²) in [5, 5.41) is 5.49. The topological polar surface area (TPSA) is 101 Å². The zero-order chi connectivity index (χ0) is 15.0. The van der Waals surface area contributed by atoms with E-state index < -0.39 is 0 Å². The molecule has 1 aromatic carbocycles. The summed E-state index contributed by atoms with van der Waals surface area (Å²) in [5.41, 5.74) is 7.98. The van der Waals surface area contributed by atoms with Crippen molar-refractivity contribution in [3.05, 3.63) is 41.0 Å². The molecule has 3 rings (SSSR count). The lowest BCUT2D eigenvalue weighted by atomic mass is 10.1. The van der Waals surface area contributed by atoms with Gasteiger partial charge in [-0.25, -0.2) is 4.98 Å². The Labute approximate surface area is 124 Å². The van der Waals surface area contributed by atoms with Crippen LogP contribution >= 0.6 is 11.3 Å². The second-order valence-corrected chi connectivity index (χ2v) is 5.41. The summed E-state index contributed by atoms with van der Waals surface area (Å²) < 4.78 is 0. The first-order valence-electron chi connectivity index (χ1n) is 6.19. The van der Waals surface area contributed by atoms with Crippen LogP contribution in [0.3, 0.4) is 0 Å². The number of nitrogens with one attached hydrogen (secondary N) is 2. The first kappa shape index (κ1) is 13.3. The number of aromatic nitrogens is 2.